The first-order chi connectivity index (χ1) is 26.9. The molecule has 0 radical (unpaired) electrons. The number of carbonyl (C=O) groups is 1. The summed E-state index contributed by atoms with van der Waals surface area (Å²) in [5.74, 6) is 1.54. The van der Waals surface area contributed by atoms with E-state index in [1.165, 1.54) is 44.9 Å². The van der Waals surface area contributed by atoms with Crippen molar-refractivity contribution in [2.45, 2.75) is 180 Å². The van der Waals surface area contributed by atoms with E-state index in [0.29, 0.717) is 37.0 Å². The summed E-state index contributed by atoms with van der Waals surface area (Å²) in [7, 11) is 0. The van der Waals surface area contributed by atoms with Crippen LogP contribution in [0.1, 0.15) is 149 Å². The van der Waals surface area contributed by atoms with Crippen LogP contribution in [0.4, 0.5) is 0 Å². The molecule has 1 aromatic rings. The molecule has 0 amide bonds. The van der Waals surface area contributed by atoms with Gasteiger partial charge in [-0.25, -0.2) is 4.98 Å². The zero-order valence-electron chi connectivity index (χ0n) is 34.6. The number of ketones is 1. The van der Waals surface area contributed by atoms with Gasteiger partial charge in [-0.2, -0.15) is 0 Å². The largest absolute Gasteiger partial charge is 0.392 e. The highest BCUT2D eigenvalue weighted by atomic mass is 16.3. The fourth-order valence-corrected chi connectivity index (χ4v) is 16.7. The van der Waals surface area contributed by atoms with Crippen LogP contribution in [0.3, 0.4) is 0 Å². The van der Waals surface area contributed by atoms with E-state index in [4.69, 9.17) is 0 Å². The number of aliphatic hydroxyl groups excluding tert-OH is 3. The zero-order valence-corrected chi connectivity index (χ0v) is 34.6. The molecule has 0 spiro atoms. The summed E-state index contributed by atoms with van der Waals surface area (Å²) in [5, 5.41) is 49.0. The molecule has 6 saturated carbocycles. The molecule has 7 nitrogen and oxygen atoms in total. The van der Waals surface area contributed by atoms with Crippen LogP contribution in [0, 0.1) is 63.6 Å². The van der Waals surface area contributed by atoms with Gasteiger partial charge in [-0.3, -0.25) is 4.79 Å². The Hall–Kier alpha value is -2.06. The van der Waals surface area contributed by atoms with E-state index in [0.717, 1.165) is 76.3 Å². The number of aliphatic hydroxyl groups is 4. The number of imidazole rings is 1. The van der Waals surface area contributed by atoms with Gasteiger partial charge in [0.1, 0.15) is 0 Å². The van der Waals surface area contributed by atoms with Crippen molar-refractivity contribution in [2.75, 3.05) is 0 Å². The maximum absolute atomic E-state index is 14.5. The highest BCUT2D eigenvalue weighted by molar-refractivity contribution is 5.95. The summed E-state index contributed by atoms with van der Waals surface area (Å²) in [6.07, 6.45) is 26.0. The van der Waals surface area contributed by atoms with E-state index < -0.39 is 34.7 Å². The summed E-state index contributed by atoms with van der Waals surface area (Å²) in [6.45, 7) is 8.16. The zero-order chi connectivity index (χ0) is 38.8. The highest BCUT2D eigenvalue weighted by Crippen LogP contribution is 2.72. The minimum Gasteiger partial charge on any atom is -0.392 e. The first-order valence-electron chi connectivity index (χ1n) is 23.3. The van der Waals surface area contributed by atoms with Crippen molar-refractivity contribution in [1.29, 1.82) is 0 Å². The van der Waals surface area contributed by atoms with Crippen LogP contribution in [0.25, 0.3) is 0 Å². The van der Waals surface area contributed by atoms with Gasteiger partial charge in [0.2, 0.25) is 0 Å². The van der Waals surface area contributed by atoms with Crippen molar-refractivity contribution in [3.63, 3.8) is 0 Å². The summed E-state index contributed by atoms with van der Waals surface area (Å²) >= 11 is 0. The summed E-state index contributed by atoms with van der Waals surface area (Å²) in [5.41, 5.74) is 5.49. The van der Waals surface area contributed by atoms with Crippen molar-refractivity contribution in [1.82, 2.24) is 9.55 Å². The van der Waals surface area contributed by atoms with Gasteiger partial charge >= 0.3 is 0 Å². The molecule has 1 heterocycles. The molecule has 0 aliphatic heterocycles. The van der Waals surface area contributed by atoms with Gasteiger partial charge in [-0.1, -0.05) is 68.7 Å². The van der Waals surface area contributed by atoms with Crippen molar-refractivity contribution in [3.05, 3.63) is 52.7 Å². The monoisotopic (exact) mass is 767 g/mol. The van der Waals surface area contributed by atoms with Crippen LogP contribution in [-0.4, -0.2) is 59.7 Å². The fraction of sp³-hybridized carbons (Fsp3) is 0.796. The number of rotatable bonds is 6. The molecule has 0 aromatic carbocycles. The predicted molar refractivity (Wildman–Crippen MR) is 217 cm³/mol. The summed E-state index contributed by atoms with van der Waals surface area (Å²) < 4.78 is 2.21. The topological polar surface area (TPSA) is 116 Å². The lowest BCUT2D eigenvalue weighted by Gasteiger charge is -2.64. The third-order valence-corrected chi connectivity index (χ3v) is 19.1. The third kappa shape index (κ3) is 5.40. The Morgan fingerprint density at radius 1 is 0.875 bits per heavy atom. The number of fused-ring (bicyclic) bond motifs is 7. The van der Waals surface area contributed by atoms with E-state index >= 15 is 0 Å². The Morgan fingerprint density at radius 3 is 2.45 bits per heavy atom. The van der Waals surface area contributed by atoms with E-state index in [1.807, 2.05) is 18.6 Å². The summed E-state index contributed by atoms with van der Waals surface area (Å²) in [4.78, 5) is 18.8. The van der Waals surface area contributed by atoms with Crippen LogP contribution >= 0.6 is 0 Å². The molecule has 4 N–H and O–H groups in total. The van der Waals surface area contributed by atoms with Crippen molar-refractivity contribution in [2.24, 2.45) is 63.6 Å². The Bertz CT molecular complexity index is 1800. The van der Waals surface area contributed by atoms with Gasteiger partial charge in [0.15, 0.2) is 5.78 Å². The van der Waals surface area contributed by atoms with Gasteiger partial charge in [0.25, 0.3) is 0 Å². The maximum atomic E-state index is 14.5. The first kappa shape index (κ1) is 38.2. The lowest BCUT2D eigenvalue weighted by Crippen LogP contribution is -2.64. The highest BCUT2D eigenvalue weighted by Gasteiger charge is 2.70. The minimum atomic E-state index is -1.11. The number of hydrogen-bond acceptors (Lipinski definition) is 6. The average Bonchev–Trinajstić information content (AvgIpc) is 3.82. The number of allylic oxidation sites excluding steroid dienone is 3. The Morgan fingerprint density at radius 2 is 1.66 bits per heavy atom. The smallest absolute Gasteiger partial charge is 0.159 e. The molecule has 9 aliphatic carbocycles. The van der Waals surface area contributed by atoms with Crippen molar-refractivity contribution < 1.29 is 25.2 Å². The number of carbonyl (C=O) groups excluding carboxylic acids is 1. The van der Waals surface area contributed by atoms with Gasteiger partial charge in [-0.15, -0.1) is 0 Å². The second-order valence-corrected chi connectivity index (χ2v) is 21.7. The fourth-order valence-electron chi connectivity index (χ4n) is 16.7. The van der Waals surface area contributed by atoms with Crippen LogP contribution in [0.2, 0.25) is 0 Å². The quantitative estimate of drug-likeness (QED) is 0.216. The van der Waals surface area contributed by atoms with Crippen LogP contribution in [-0.2, 0) is 11.3 Å². The number of aryl methyl sites for hydroxylation is 1. The Balaban J connectivity index is 1.02. The maximum Gasteiger partial charge on any atom is 0.159 e. The van der Waals surface area contributed by atoms with Gasteiger partial charge < -0.3 is 25.0 Å². The molecule has 13 atom stereocenters. The SMILES string of the molecule is CC(C)(CCn1ccnc1)C1=C2CCCCC2C2=C3C(CCC2)CC(C2CCC4(O)C5=CC(=O)C6CC(O)C(O)CC6(C6CCCCC6)C5CCC24C)C(O)C31. The third-order valence-electron chi connectivity index (χ3n) is 19.1. The second-order valence-electron chi connectivity index (χ2n) is 21.7. The number of hydrogen-bond donors (Lipinski definition) is 4. The molecule has 1 aromatic heterocycles. The molecule has 7 heteroatoms. The molecule has 6 fully saturated rings. The molecule has 9 aliphatic rings. The molecule has 10 rings (SSSR count). The number of nitrogens with zero attached hydrogens (tertiary/aromatic N) is 2. The van der Waals surface area contributed by atoms with Crippen molar-refractivity contribution in [3.8, 4) is 0 Å². The standard InChI is InChI=1S/C49H70N2O5/c1-46(2,20-22-51-23-21-50-28-51)44-33-14-8-7-13-31(33)32-15-9-10-29-24-34(45(55)43(44)42(29)32)35-17-19-49(56)37-25-39(52)38-26-40(53)41(54)27-48(38,30-11-5-4-6-12-30)36(37)16-18-47(35,49)3/h21,23,25,28-31,34-36,38,40-41,43,45,53-56H,4-20,22,24,26-27H2,1-3H3. The average molecular weight is 767 g/mol. The molecule has 306 valence electrons. The van der Waals surface area contributed by atoms with Gasteiger partial charge in [-0.05, 0) is 155 Å². The van der Waals surface area contributed by atoms with Crippen molar-refractivity contribution >= 4 is 5.78 Å². The normalized spacial score (nSPS) is 45.4. The molecular formula is C49H70N2O5. The van der Waals surface area contributed by atoms with E-state index in [-0.39, 0.29) is 40.8 Å². The first-order valence-corrected chi connectivity index (χ1v) is 23.3. The minimum absolute atomic E-state index is 0.0493. The Kier molecular flexibility index (Phi) is 9.37. The predicted octanol–water partition coefficient (Wildman–Crippen LogP) is 8.66. The van der Waals surface area contributed by atoms with Crippen LogP contribution in [0.15, 0.2) is 52.7 Å². The molecule has 13 unspecified atom stereocenters. The molecule has 0 bridgehead atoms. The lowest BCUT2D eigenvalue weighted by molar-refractivity contribution is -0.174. The lowest BCUT2D eigenvalue weighted by atomic mass is 9.41. The van der Waals surface area contributed by atoms with Crippen LogP contribution < -0.4 is 0 Å². The van der Waals surface area contributed by atoms with E-state index in [1.54, 1.807) is 22.3 Å². The molecule has 56 heavy (non-hydrogen) atoms. The van der Waals surface area contributed by atoms with Gasteiger partial charge in [0.05, 0.1) is 30.2 Å². The molecular weight excluding hydrogens is 697 g/mol. The van der Waals surface area contributed by atoms with E-state index in [9.17, 15) is 25.2 Å². The summed E-state index contributed by atoms with van der Waals surface area (Å²) in [6, 6.07) is 0. The van der Waals surface area contributed by atoms with Crippen LogP contribution in [0.5, 0.6) is 0 Å². The number of aromatic nitrogens is 2. The Labute approximate surface area is 335 Å². The van der Waals surface area contributed by atoms with E-state index in [2.05, 4.69) is 36.5 Å². The second kappa shape index (κ2) is 13.7. The molecule has 0 saturated heterocycles. The van der Waals surface area contributed by atoms with Gasteiger partial charge in [0, 0.05) is 42.1 Å².